The van der Waals surface area contributed by atoms with Gasteiger partial charge >= 0.3 is 6.09 Å². The molecule has 0 spiro atoms. The number of carbonyl (C=O) groups is 1. The molecule has 40 heavy (non-hydrogen) atoms. The maximum Gasteiger partial charge on any atom is 0.410 e. The van der Waals surface area contributed by atoms with E-state index in [1.165, 1.54) is 0 Å². The molecule has 1 fully saturated rings. The molecule has 0 unspecified atom stereocenters. The lowest BCUT2D eigenvalue weighted by Crippen LogP contribution is -2.37. The predicted octanol–water partition coefficient (Wildman–Crippen LogP) is 6.65. The number of imidazole rings is 2. The molecule has 210 valence electrons. The molecule has 5 rings (SSSR count). The van der Waals surface area contributed by atoms with Crippen LogP contribution < -0.4 is 5.32 Å². The number of carbonyl (C=O) groups excluding carboxylic acids is 1. The summed E-state index contributed by atoms with van der Waals surface area (Å²) < 4.78 is 19.1. The first kappa shape index (κ1) is 27.6. The minimum absolute atomic E-state index is 0.0623. The van der Waals surface area contributed by atoms with Gasteiger partial charge < -0.3 is 24.9 Å². The van der Waals surface area contributed by atoms with Crippen molar-refractivity contribution in [3.63, 3.8) is 0 Å². The second kappa shape index (κ2) is 11.6. The van der Waals surface area contributed by atoms with Crippen LogP contribution in [0.15, 0.2) is 60.9 Å². The van der Waals surface area contributed by atoms with Crippen LogP contribution in [0.1, 0.15) is 58.2 Å². The van der Waals surface area contributed by atoms with E-state index >= 15 is 0 Å². The van der Waals surface area contributed by atoms with Crippen molar-refractivity contribution in [1.82, 2.24) is 30.2 Å². The van der Waals surface area contributed by atoms with E-state index in [1.807, 2.05) is 27.7 Å². The Balaban J connectivity index is 1.23. The molecule has 0 aliphatic carbocycles. The van der Waals surface area contributed by atoms with E-state index in [0.29, 0.717) is 31.9 Å². The van der Waals surface area contributed by atoms with Gasteiger partial charge in [-0.15, -0.1) is 0 Å². The average Bonchev–Trinajstić information content (AvgIpc) is 3.69. The molecule has 0 radical (unpaired) electrons. The number of H-pyrrole nitrogens is 2. The standard InChI is InChI=1S/C31H37FN6O2/c1-5-14-38(30(39)40-31(2,3)4)19-28-34-17-26(36-28)22-10-6-20(7-11-22)21-8-12-23(13-9-21)27-18-35-29(37-27)25-15-24(32)16-33-25/h6-13,17-18,24-25,33H,5,14-16,19H2,1-4H3,(H,34,36)(H,35,37)/t24-,25-/m0/s1. The minimum Gasteiger partial charge on any atom is -0.444 e. The molecule has 9 heteroatoms. The molecule has 1 saturated heterocycles. The van der Waals surface area contributed by atoms with Gasteiger partial charge in [-0.25, -0.2) is 19.2 Å². The summed E-state index contributed by atoms with van der Waals surface area (Å²) >= 11 is 0. The quantitative estimate of drug-likeness (QED) is 0.231. The van der Waals surface area contributed by atoms with Crippen LogP contribution in [-0.4, -0.2) is 55.8 Å². The molecule has 2 aromatic carbocycles. The summed E-state index contributed by atoms with van der Waals surface area (Å²) in [5.74, 6) is 1.49. The third kappa shape index (κ3) is 6.59. The van der Waals surface area contributed by atoms with E-state index in [2.05, 4.69) is 73.8 Å². The number of amides is 1. The first-order valence-corrected chi connectivity index (χ1v) is 13.8. The Morgan fingerprint density at radius 3 is 2.08 bits per heavy atom. The van der Waals surface area contributed by atoms with E-state index in [4.69, 9.17) is 4.74 Å². The maximum absolute atomic E-state index is 13.5. The molecular formula is C31H37FN6O2. The van der Waals surface area contributed by atoms with Crippen molar-refractivity contribution in [3.05, 3.63) is 72.6 Å². The van der Waals surface area contributed by atoms with Gasteiger partial charge in [0.1, 0.15) is 23.4 Å². The van der Waals surface area contributed by atoms with Gasteiger partial charge in [0.05, 0.1) is 36.4 Å². The van der Waals surface area contributed by atoms with Gasteiger partial charge in [0.15, 0.2) is 0 Å². The monoisotopic (exact) mass is 544 g/mol. The van der Waals surface area contributed by atoms with Gasteiger partial charge in [-0.3, -0.25) is 0 Å². The van der Waals surface area contributed by atoms with Crippen molar-refractivity contribution in [1.29, 1.82) is 0 Å². The predicted molar refractivity (Wildman–Crippen MR) is 154 cm³/mol. The van der Waals surface area contributed by atoms with E-state index in [-0.39, 0.29) is 12.1 Å². The van der Waals surface area contributed by atoms with Crippen molar-refractivity contribution in [2.45, 2.75) is 64.9 Å². The van der Waals surface area contributed by atoms with Crippen LogP contribution in [0.5, 0.6) is 0 Å². The molecule has 4 aromatic rings. The van der Waals surface area contributed by atoms with Gasteiger partial charge in [0.2, 0.25) is 0 Å². The number of ether oxygens (including phenoxy) is 1. The Labute approximate surface area is 234 Å². The molecular weight excluding hydrogens is 507 g/mol. The molecule has 1 aliphatic heterocycles. The van der Waals surface area contributed by atoms with Crippen LogP contribution in [0, 0.1) is 0 Å². The van der Waals surface area contributed by atoms with Crippen molar-refractivity contribution in [3.8, 4) is 33.6 Å². The zero-order chi connectivity index (χ0) is 28.3. The summed E-state index contributed by atoms with van der Waals surface area (Å²) in [7, 11) is 0. The third-order valence-corrected chi connectivity index (χ3v) is 6.84. The Bertz CT molecular complexity index is 1420. The Morgan fingerprint density at radius 2 is 1.52 bits per heavy atom. The number of aromatic nitrogens is 4. The number of nitrogens with zero attached hydrogens (tertiary/aromatic N) is 3. The minimum atomic E-state index is -0.820. The first-order valence-electron chi connectivity index (χ1n) is 13.8. The lowest BCUT2D eigenvalue weighted by Gasteiger charge is -2.26. The highest BCUT2D eigenvalue weighted by Crippen LogP contribution is 2.29. The number of hydrogen-bond donors (Lipinski definition) is 3. The van der Waals surface area contributed by atoms with Crippen molar-refractivity contribution < 1.29 is 13.9 Å². The highest BCUT2D eigenvalue weighted by molar-refractivity contribution is 5.71. The topological polar surface area (TPSA) is 98.9 Å². The lowest BCUT2D eigenvalue weighted by molar-refractivity contribution is 0.0229. The van der Waals surface area contributed by atoms with Crippen molar-refractivity contribution in [2.75, 3.05) is 13.1 Å². The number of benzene rings is 2. The van der Waals surface area contributed by atoms with Crippen molar-refractivity contribution in [2.24, 2.45) is 0 Å². The summed E-state index contributed by atoms with van der Waals surface area (Å²) in [5.41, 5.74) is 5.51. The normalized spacial score (nSPS) is 17.2. The summed E-state index contributed by atoms with van der Waals surface area (Å²) in [6, 6.07) is 16.5. The van der Waals surface area contributed by atoms with Crippen LogP contribution in [0.3, 0.4) is 0 Å². The fourth-order valence-corrected chi connectivity index (χ4v) is 4.85. The zero-order valence-corrected chi connectivity index (χ0v) is 23.5. The number of alkyl halides is 1. The van der Waals surface area contributed by atoms with Crippen LogP contribution in [0.25, 0.3) is 33.6 Å². The fourth-order valence-electron chi connectivity index (χ4n) is 4.85. The number of hydrogen-bond acceptors (Lipinski definition) is 5. The van der Waals surface area contributed by atoms with Crippen LogP contribution in [0.2, 0.25) is 0 Å². The summed E-state index contributed by atoms with van der Waals surface area (Å²) in [6.07, 6.45) is 3.73. The van der Waals surface area contributed by atoms with Gasteiger partial charge in [0, 0.05) is 19.5 Å². The number of aromatic amines is 2. The molecule has 2 atom stereocenters. The molecule has 2 aromatic heterocycles. The van der Waals surface area contributed by atoms with Crippen LogP contribution >= 0.6 is 0 Å². The zero-order valence-electron chi connectivity index (χ0n) is 23.5. The second-order valence-electron chi connectivity index (χ2n) is 11.3. The highest BCUT2D eigenvalue weighted by atomic mass is 19.1. The Kier molecular flexibility index (Phi) is 8.02. The molecule has 3 heterocycles. The largest absolute Gasteiger partial charge is 0.444 e. The molecule has 0 saturated carbocycles. The molecule has 8 nitrogen and oxygen atoms in total. The Hall–Kier alpha value is -3.98. The molecule has 3 N–H and O–H groups in total. The second-order valence-corrected chi connectivity index (χ2v) is 11.3. The van der Waals surface area contributed by atoms with E-state index in [0.717, 1.165) is 45.9 Å². The van der Waals surface area contributed by atoms with E-state index in [9.17, 15) is 9.18 Å². The molecule has 1 amide bonds. The molecule has 1 aliphatic rings. The van der Waals surface area contributed by atoms with Gasteiger partial charge in [0.25, 0.3) is 0 Å². The van der Waals surface area contributed by atoms with Crippen molar-refractivity contribution >= 4 is 6.09 Å². The SMILES string of the molecule is CCCN(Cc1ncc(-c2ccc(-c3ccc(-c4cnc([C@@H]5C[C@H](F)CN5)[nH]4)cc3)cc2)[nH]1)C(=O)OC(C)(C)C. The van der Waals surface area contributed by atoms with Gasteiger partial charge in [-0.2, -0.15) is 0 Å². The first-order chi connectivity index (χ1) is 19.2. The Morgan fingerprint density at radius 1 is 0.950 bits per heavy atom. The fraction of sp³-hybridized carbons (Fsp3) is 0.387. The lowest BCUT2D eigenvalue weighted by atomic mass is 10.0. The van der Waals surface area contributed by atoms with E-state index in [1.54, 1.807) is 17.3 Å². The number of rotatable bonds is 8. The maximum atomic E-state index is 13.5. The summed E-state index contributed by atoms with van der Waals surface area (Å²) in [6.45, 7) is 8.96. The van der Waals surface area contributed by atoms with Gasteiger partial charge in [-0.1, -0.05) is 55.5 Å². The number of halogens is 1. The average molecular weight is 545 g/mol. The molecule has 0 bridgehead atoms. The number of nitrogens with one attached hydrogen (secondary N) is 3. The summed E-state index contributed by atoms with van der Waals surface area (Å²) in [5, 5.41) is 3.16. The van der Waals surface area contributed by atoms with Gasteiger partial charge in [-0.05, 0) is 49.4 Å². The summed E-state index contributed by atoms with van der Waals surface area (Å²) in [4.78, 5) is 29.9. The van der Waals surface area contributed by atoms with Crippen LogP contribution in [-0.2, 0) is 11.3 Å². The highest BCUT2D eigenvalue weighted by Gasteiger charge is 2.27. The third-order valence-electron chi connectivity index (χ3n) is 6.84. The van der Waals surface area contributed by atoms with E-state index < -0.39 is 11.8 Å². The van der Waals surface area contributed by atoms with Crippen LogP contribution in [0.4, 0.5) is 9.18 Å². The smallest absolute Gasteiger partial charge is 0.410 e.